The standard InChI is InChI=1S/C4H4N2O4S/c5-11(9,10)6-3(7)1-2-4(6)8/h1-2H,(H2,5,9,10). The average Bonchev–Trinajstić information content (AvgIpc) is 2.08. The van der Waals surface area contributed by atoms with Crippen molar-refractivity contribution in [1.29, 1.82) is 0 Å². The van der Waals surface area contributed by atoms with Crippen molar-refractivity contribution in [3.8, 4) is 0 Å². The number of rotatable bonds is 1. The van der Waals surface area contributed by atoms with Crippen molar-refractivity contribution < 1.29 is 18.0 Å². The zero-order chi connectivity index (χ0) is 8.65. The van der Waals surface area contributed by atoms with Gasteiger partial charge in [0.15, 0.2) is 0 Å². The summed E-state index contributed by atoms with van der Waals surface area (Å²) < 4.78 is 20.9. The summed E-state index contributed by atoms with van der Waals surface area (Å²) in [6.07, 6.45) is 1.68. The number of nitrogens with zero attached hydrogens (tertiary/aromatic N) is 1. The monoisotopic (exact) mass is 176 g/mol. The summed E-state index contributed by atoms with van der Waals surface area (Å²) in [7, 11) is -4.23. The zero-order valence-corrected chi connectivity index (χ0v) is 6.04. The van der Waals surface area contributed by atoms with Crippen LogP contribution in [0.2, 0.25) is 0 Å². The fourth-order valence-corrected chi connectivity index (χ4v) is 1.26. The predicted octanol–water partition coefficient (Wildman–Crippen LogP) is -1.89. The number of nitrogens with two attached hydrogens (primary N) is 1. The molecule has 0 radical (unpaired) electrons. The Balaban J connectivity index is 3.11. The number of carbonyl (C=O) groups is 2. The Kier molecular flexibility index (Phi) is 1.53. The van der Waals surface area contributed by atoms with Gasteiger partial charge in [0.1, 0.15) is 0 Å². The number of hydrogen-bond acceptors (Lipinski definition) is 4. The first-order valence-corrected chi connectivity index (χ1v) is 4.02. The zero-order valence-electron chi connectivity index (χ0n) is 5.22. The number of carbonyl (C=O) groups excluding carboxylic acids is 2. The Bertz CT molecular complexity index is 323. The molecule has 0 atom stereocenters. The molecule has 0 fully saturated rings. The molecule has 0 aromatic rings. The minimum Gasteiger partial charge on any atom is -0.268 e. The maximum atomic E-state index is 10.6. The molecule has 6 nitrogen and oxygen atoms in total. The summed E-state index contributed by atoms with van der Waals surface area (Å²) in [5.41, 5.74) is 0. The fraction of sp³-hybridized carbons (Fsp3) is 0. The summed E-state index contributed by atoms with van der Waals surface area (Å²) in [6, 6.07) is 0. The van der Waals surface area contributed by atoms with Crippen LogP contribution in [0, 0.1) is 0 Å². The van der Waals surface area contributed by atoms with Crippen LogP contribution in [0.3, 0.4) is 0 Å². The minimum atomic E-state index is -4.23. The van der Waals surface area contributed by atoms with Crippen LogP contribution in [-0.4, -0.2) is 24.5 Å². The van der Waals surface area contributed by atoms with E-state index in [0.29, 0.717) is 0 Å². The van der Waals surface area contributed by atoms with Crippen LogP contribution in [0.15, 0.2) is 12.2 Å². The Morgan fingerprint density at radius 1 is 1.18 bits per heavy atom. The molecule has 0 spiro atoms. The normalized spacial score (nSPS) is 18.1. The van der Waals surface area contributed by atoms with Crippen LogP contribution in [0.4, 0.5) is 0 Å². The van der Waals surface area contributed by atoms with Gasteiger partial charge in [0.25, 0.3) is 11.8 Å². The van der Waals surface area contributed by atoms with Gasteiger partial charge >= 0.3 is 10.2 Å². The molecule has 2 N–H and O–H groups in total. The number of imide groups is 1. The molecule has 1 aliphatic rings. The second-order valence-electron chi connectivity index (χ2n) is 1.82. The molecule has 1 rings (SSSR count). The van der Waals surface area contributed by atoms with Crippen LogP contribution in [0.5, 0.6) is 0 Å². The summed E-state index contributed by atoms with van der Waals surface area (Å²) in [6.45, 7) is 0. The summed E-state index contributed by atoms with van der Waals surface area (Å²) in [5.74, 6) is -1.87. The van der Waals surface area contributed by atoms with E-state index >= 15 is 0 Å². The average molecular weight is 176 g/mol. The highest BCUT2D eigenvalue weighted by molar-refractivity contribution is 7.88. The summed E-state index contributed by atoms with van der Waals surface area (Å²) in [5, 5.41) is 4.54. The van der Waals surface area contributed by atoms with Crippen LogP contribution in [0.25, 0.3) is 0 Å². The van der Waals surface area contributed by atoms with E-state index in [-0.39, 0.29) is 4.31 Å². The highest BCUT2D eigenvalue weighted by Gasteiger charge is 2.32. The molecular weight excluding hydrogens is 172 g/mol. The molecule has 0 unspecified atom stereocenters. The van der Waals surface area contributed by atoms with Gasteiger partial charge in [-0.15, -0.1) is 0 Å². The molecule has 1 heterocycles. The van der Waals surface area contributed by atoms with Crippen molar-refractivity contribution in [3.63, 3.8) is 0 Å². The van der Waals surface area contributed by atoms with E-state index in [0.717, 1.165) is 12.2 Å². The molecule has 0 aliphatic carbocycles. The van der Waals surface area contributed by atoms with Gasteiger partial charge in [0, 0.05) is 12.2 Å². The van der Waals surface area contributed by atoms with Gasteiger partial charge in [-0.3, -0.25) is 9.59 Å². The molecule has 1 aliphatic heterocycles. The molecular formula is C4H4N2O4S. The Morgan fingerprint density at radius 2 is 1.55 bits per heavy atom. The maximum absolute atomic E-state index is 10.6. The minimum absolute atomic E-state index is 0.00694. The van der Waals surface area contributed by atoms with Crippen molar-refractivity contribution in [2.75, 3.05) is 0 Å². The van der Waals surface area contributed by atoms with Gasteiger partial charge in [-0.2, -0.15) is 12.7 Å². The first kappa shape index (κ1) is 7.89. The third-order valence-corrected chi connectivity index (χ3v) is 1.89. The molecule has 11 heavy (non-hydrogen) atoms. The molecule has 7 heteroatoms. The molecule has 0 saturated carbocycles. The topological polar surface area (TPSA) is 97.5 Å². The lowest BCUT2D eigenvalue weighted by atomic mass is 10.6. The SMILES string of the molecule is NS(=O)(=O)N1C(=O)C=CC1=O. The summed E-state index contributed by atoms with van der Waals surface area (Å²) >= 11 is 0. The van der Waals surface area contributed by atoms with Crippen molar-refractivity contribution >= 4 is 22.0 Å². The van der Waals surface area contributed by atoms with Gasteiger partial charge in [-0.1, -0.05) is 0 Å². The Morgan fingerprint density at radius 3 is 1.73 bits per heavy atom. The summed E-state index contributed by atoms with van der Waals surface area (Å²) in [4.78, 5) is 21.2. The van der Waals surface area contributed by atoms with Crippen LogP contribution in [0.1, 0.15) is 0 Å². The Hall–Kier alpha value is -1.21. The van der Waals surface area contributed by atoms with Gasteiger partial charge in [-0.25, -0.2) is 5.14 Å². The van der Waals surface area contributed by atoms with Crippen LogP contribution in [-0.2, 0) is 19.8 Å². The third-order valence-electron chi connectivity index (χ3n) is 1.02. The fourth-order valence-electron chi connectivity index (χ4n) is 0.637. The largest absolute Gasteiger partial charge is 0.308 e. The van der Waals surface area contributed by atoms with E-state index in [4.69, 9.17) is 0 Å². The Labute approximate surface area is 62.5 Å². The highest BCUT2D eigenvalue weighted by Crippen LogP contribution is 2.05. The van der Waals surface area contributed by atoms with Crippen molar-refractivity contribution in [3.05, 3.63) is 12.2 Å². The van der Waals surface area contributed by atoms with E-state index in [1.807, 2.05) is 0 Å². The van der Waals surface area contributed by atoms with Crippen molar-refractivity contribution in [2.24, 2.45) is 5.14 Å². The van der Waals surface area contributed by atoms with Gasteiger partial charge in [0.05, 0.1) is 0 Å². The van der Waals surface area contributed by atoms with Gasteiger partial charge in [0.2, 0.25) is 0 Å². The second kappa shape index (κ2) is 2.14. The first-order valence-electron chi connectivity index (χ1n) is 2.52. The van der Waals surface area contributed by atoms with E-state index in [2.05, 4.69) is 5.14 Å². The van der Waals surface area contributed by atoms with E-state index in [1.54, 1.807) is 0 Å². The van der Waals surface area contributed by atoms with E-state index in [1.165, 1.54) is 0 Å². The highest BCUT2D eigenvalue weighted by atomic mass is 32.2. The lowest BCUT2D eigenvalue weighted by Crippen LogP contribution is -2.40. The lowest BCUT2D eigenvalue weighted by Gasteiger charge is -2.08. The van der Waals surface area contributed by atoms with Crippen LogP contribution < -0.4 is 5.14 Å². The van der Waals surface area contributed by atoms with Crippen LogP contribution >= 0.6 is 0 Å². The first-order chi connectivity index (χ1) is 4.93. The number of amides is 2. The molecule has 0 saturated heterocycles. The number of hydrogen-bond donors (Lipinski definition) is 1. The smallest absolute Gasteiger partial charge is 0.268 e. The quantitative estimate of drug-likeness (QED) is 0.472. The molecule has 60 valence electrons. The van der Waals surface area contributed by atoms with Crippen molar-refractivity contribution in [1.82, 2.24) is 4.31 Å². The maximum Gasteiger partial charge on any atom is 0.308 e. The second-order valence-corrected chi connectivity index (χ2v) is 3.21. The van der Waals surface area contributed by atoms with E-state index in [9.17, 15) is 18.0 Å². The van der Waals surface area contributed by atoms with E-state index < -0.39 is 22.0 Å². The van der Waals surface area contributed by atoms with Gasteiger partial charge in [-0.05, 0) is 0 Å². The molecule has 0 aromatic carbocycles. The van der Waals surface area contributed by atoms with Gasteiger partial charge < -0.3 is 0 Å². The lowest BCUT2D eigenvalue weighted by molar-refractivity contribution is -0.130. The molecule has 0 bridgehead atoms. The third kappa shape index (κ3) is 1.28. The molecule has 0 aromatic heterocycles. The van der Waals surface area contributed by atoms with Crippen molar-refractivity contribution in [2.45, 2.75) is 0 Å². The molecule has 2 amide bonds. The predicted molar refractivity (Wildman–Crippen MR) is 34.1 cm³/mol.